The lowest BCUT2D eigenvalue weighted by molar-refractivity contribution is 0.0472. The molecule has 0 saturated carbocycles. The van der Waals surface area contributed by atoms with Gasteiger partial charge in [-0.1, -0.05) is 37.3 Å². The molecule has 4 rings (SSSR count). The fraction of sp³-hybridized carbons (Fsp3) is 0.217. The Morgan fingerprint density at radius 3 is 2.60 bits per heavy atom. The zero-order valence-electron chi connectivity index (χ0n) is 17.0. The van der Waals surface area contributed by atoms with E-state index in [1.807, 2.05) is 31.2 Å². The molecule has 0 aliphatic carbocycles. The molecule has 0 saturated heterocycles. The summed E-state index contributed by atoms with van der Waals surface area (Å²) in [5.41, 5.74) is 4.39. The Morgan fingerprint density at radius 2 is 1.87 bits per heavy atom. The first kappa shape index (κ1) is 20.0. The van der Waals surface area contributed by atoms with Gasteiger partial charge in [-0.2, -0.15) is 0 Å². The minimum absolute atomic E-state index is 0.0730. The summed E-state index contributed by atoms with van der Waals surface area (Å²) >= 11 is 1.31. The summed E-state index contributed by atoms with van der Waals surface area (Å²) < 4.78 is 6.96. The molecule has 7 heteroatoms. The third kappa shape index (κ3) is 3.89. The van der Waals surface area contributed by atoms with E-state index < -0.39 is 5.97 Å². The van der Waals surface area contributed by atoms with E-state index in [0.29, 0.717) is 21.9 Å². The van der Waals surface area contributed by atoms with E-state index in [-0.39, 0.29) is 12.2 Å². The number of ether oxygens (including phenoxy) is 1. The third-order valence-corrected chi connectivity index (χ3v) is 6.06. The number of nitrogens with zero attached hydrogens (tertiary/aromatic N) is 3. The second-order valence-electron chi connectivity index (χ2n) is 7.01. The van der Waals surface area contributed by atoms with Crippen LogP contribution in [0.15, 0.2) is 53.3 Å². The highest BCUT2D eigenvalue weighted by Crippen LogP contribution is 2.29. The van der Waals surface area contributed by atoms with Crippen molar-refractivity contribution in [1.29, 1.82) is 0 Å². The van der Waals surface area contributed by atoms with Crippen LogP contribution in [0.3, 0.4) is 0 Å². The number of carbonyl (C=O) groups excluding carboxylic acids is 1. The molecule has 152 valence electrons. The number of pyridine rings is 1. The molecule has 6 nitrogen and oxygen atoms in total. The maximum atomic E-state index is 12.6. The average molecular weight is 420 g/mol. The fourth-order valence-corrected chi connectivity index (χ4v) is 4.20. The van der Waals surface area contributed by atoms with Crippen molar-refractivity contribution >= 4 is 23.0 Å². The number of fused-ring (bicyclic) bond motifs is 1. The summed E-state index contributed by atoms with van der Waals surface area (Å²) in [7, 11) is 0. The third-order valence-electron chi connectivity index (χ3n) is 4.88. The van der Waals surface area contributed by atoms with Gasteiger partial charge in [0.2, 0.25) is 0 Å². The van der Waals surface area contributed by atoms with Gasteiger partial charge in [0.25, 0.3) is 5.56 Å². The van der Waals surface area contributed by atoms with Crippen LogP contribution in [-0.2, 0) is 17.8 Å². The fourth-order valence-electron chi connectivity index (χ4n) is 3.23. The lowest BCUT2D eigenvalue weighted by atomic mass is 10.1. The molecule has 0 aliphatic rings. The topological polar surface area (TPSA) is 73.6 Å². The largest absolute Gasteiger partial charge is 0.455 e. The van der Waals surface area contributed by atoms with Gasteiger partial charge in [0.05, 0.1) is 11.4 Å². The van der Waals surface area contributed by atoms with Crippen molar-refractivity contribution in [3.8, 4) is 10.6 Å². The van der Waals surface area contributed by atoms with E-state index in [1.54, 1.807) is 13.0 Å². The summed E-state index contributed by atoms with van der Waals surface area (Å²) in [6, 6.07) is 15.0. The molecular formula is C23H21N3O3S. The molecule has 0 spiro atoms. The van der Waals surface area contributed by atoms with Crippen LogP contribution in [0.4, 0.5) is 0 Å². The number of benzene rings is 1. The normalized spacial score (nSPS) is 11.0. The van der Waals surface area contributed by atoms with Crippen LogP contribution >= 0.6 is 11.3 Å². The van der Waals surface area contributed by atoms with E-state index in [4.69, 9.17) is 4.74 Å². The summed E-state index contributed by atoms with van der Waals surface area (Å²) in [5.74, 6) is -0.465. The van der Waals surface area contributed by atoms with Crippen molar-refractivity contribution in [2.24, 2.45) is 0 Å². The van der Waals surface area contributed by atoms with Gasteiger partial charge in [-0.3, -0.25) is 9.20 Å². The highest BCUT2D eigenvalue weighted by atomic mass is 32.1. The predicted molar refractivity (Wildman–Crippen MR) is 117 cm³/mol. The molecule has 0 amide bonds. The lowest BCUT2D eigenvalue weighted by Crippen LogP contribution is -2.18. The maximum absolute atomic E-state index is 12.6. The highest BCUT2D eigenvalue weighted by Gasteiger charge is 2.18. The van der Waals surface area contributed by atoms with Crippen molar-refractivity contribution in [3.63, 3.8) is 0 Å². The van der Waals surface area contributed by atoms with E-state index in [0.717, 1.165) is 22.7 Å². The molecule has 0 fully saturated rings. The first-order valence-corrected chi connectivity index (χ1v) is 10.5. The average Bonchev–Trinajstić information content (AvgIpc) is 3.13. The van der Waals surface area contributed by atoms with Crippen LogP contribution in [0.5, 0.6) is 0 Å². The standard InChI is InChI=1S/C23H21N3O3S/c1-4-16-8-10-17(11-9-16)22-24-15(3)21(30-22)23(28)29-13-18-12-20(27)26-14(2)6-5-7-19(26)25-18/h5-12H,4,13H2,1-3H3. The van der Waals surface area contributed by atoms with Crippen LogP contribution in [0.2, 0.25) is 0 Å². The molecule has 0 N–H and O–H groups in total. The minimum Gasteiger partial charge on any atom is -0.455 e. The Morgan fingerprint density at radius 1 is 1.10 bits per heavy atom. The van der Waals surface area contributed by atoms with Crippen LogP contribution < -0.4 is 5.56 Å². The number of thiazole rings is 1. The van der Waals surface area contributed by atoms with Crippen molar-refractivity contribution in [1.82, 2.24) is 14.4 Å². The Hall–Kier alpha value is -3.32. The monoisotopic (exact) mass is 419 g/mol. The highest BCUT2D eigenvalue weighted by molar-refractivity contribution is 7.17. The first-order valence-electron chi connectivity index (χ1n) is 9.68. The van der Waals surface area contributed by atoms with Gasteiger partial charge in [-0.05, 0) is 38.0 Å². The molecular weight excluding hydrogens is 398 g/mol. The van der Waals surface area contributed by atoms with Crippen molar-refractivity contribution in [3.05, 3.63) is 86.4 Å². The molecule has 0 aliphatic heterocycles. The van der Waals surface area contributed by atoms with E-state index in [1.165, 1.54) is 27.4 Å². The number of hydrogen-bond acceptors (Lipinski definition) is 6. The van der Waals surface area contributed by atoms with Crippen LogP contribution in [0, 0.1) is 13.8 Å². The Labute approximate surface area is 177 Å². The van der Waals surface area contributed by atoms with Gasteiger partial charge < -0.3 is 4.74 Å². The van der Waals surface area contributed by atoms with Gasteiger partial charge >= 0.3 is 5.97 Å². The summed E-state index contributed by atoms with van der Waals surface area (Å²) in [6.07, 6.45) is 0.973. The maximum Gasteiger partial charge on any atom is 0.350 e. The van der Waals surface area contributed by atoms with Gasteiger partial charge in [0.15, 0.2) is 0 Å². The Kier molecular flexibility index (Phi) is 5.46. The van der Waals surface area contributed by atoms with E-state index >= 15 is 0 Å². The molecule has 0 radical (unpaired) electrons. The SMILES string of the molecule is CCc1ccc(-c2nc(C)c(C(=O)OCc3cc(=O)n4c(C)cccc4n3)s2)cc1. The predicted octanol–water partition coefficient (Wildman–Crippen LogP) is 4.35. The molecule has 30 heavy (non-hydrogen) atoms. The molecule has 3 aromatic heterocycles. The number of hydrogen-bond donors (Lipinski definition) is 0. The second kappa shape index (κ2) is 8.20. The first-order chi connectivity index (χ1) is 14.5. The zero-order chi connectivity index (χ0) is 21.3. The van der Waals surface area contributed by atoms with Gasteiger partial charge in [-0.25, -0.2) is 14.8 Å². The number of aryl methyl sites for hydroxylation is 3. The zero-order valence-corrected chi connectivity index (χ0v) is 17.8. The lowest BCUT2D eigenvalue weighted by Gasteiger charge is -2.07. The van der Waals surface area contributed by atoms with Crippen molar-refractivity contribution in [2.45, 2.75) is 33.8 Å². The van der Waals surface area contributed by atoms with Gasteiger partial charge in [-0.15, -0.1) is 11.3 Å². The molecule has 0 bridgehead atoms. The van der Waals surface area contributed by atoms with E-state index in [2.05, 4.69) is 29.0 Å². The number of rotatable bonds is 5. The smallest absolute Gasteiger partial charge is 0.350 e. The summed E-state index contributed by atoms with van der Waals surface area (Å²) in [4.78, 5) is 34.4. The van der Waals surface area contributed by atoms with Crippen molar-refractivity contribution < 1.29 is 9.53 Å². The van der Waals surface area contributed by atoms with Crippen molar-refractivity contribution in [2.75, 3.05) is 0 Å². The minimum atomic E-state index is -0.465. The molecule has 0 unspecified atom stereocenters. The summed E-state index contributed by atoms with van der Waals surface area (Å²) in [5, 5.41) is 0.777. The number of carbonyl (C=O) groups is 1. The summed E-state index contributed by atoms with van der Waals surface area (Å²) in [6.45, 7) is 5.67. The molecule has 3 heterocycles. The number of aromatic nitrogens is 3. The molecule has 0 atom stereocenters. The van der Waals surface area contributed by atoms with Crippen LogP contribution in [0.1, 0.15) is 39.2 Å². The van der Waals surface area contributed by atoms with Gasteiger partial charge in [0.1, 0.15) is 22.1 Å². The van der Waals surface area contributed by atoms with Gasteiger partial charge in [0, 0.05) is 17.3 Å². The Balaban J connectivity index is 1.52. The molecule has 1 aromatic carbocycles. The molecule has 4 aromatic rings. The number of esters is 1. The quantitative estimate of drug-likeness (QED) is 0.450. The second-order valence-corrected chi connectivity index (χ2v) is 8.01. The van der Waals surface area contributed by atoms with Crippen LogP contribution in [0.25, 0.3) is 16.2 Å². The van der Waals surface area contributed by atoms with E-state index in [9.17, 15) is 9.59 Å². The Bertz CT molecular complexity index is 1290. The van der Waals surface area contributed by atoms with Crippen LogP contribution in [-0.4, -0.2) is 20.3 Å².